The monoisotopic (exact) mass is 401 g/mol. The summed E-state index contributed by atoms with van der Waals surface area (Å²) in [4.78, 5) is 20.5. The molecule has 1 heterocycles. The zero-order valence-electron chi connectivity index (χ0n) is 16.8. The number of aldehydes is 1. The van der Waals surface area contributed by atoms with Gasteiger partial charge < -0.3 is 14.8 Å². The molecular formula is C21H27N3O3S. The molecule has 0 fully saturated rings. The zero-order valence-corrected chi connectivity index (χ0v) is 17.6. The number of thioether (sulfide) groups is 1. The van der Waals surface area contributed by atoms with Crippen molar-refractivity contribution in [2.75, 3.05) is 32.3 Å². The number of carbonyl (C=O) groups is 1. The molecule has 0 bridgehead atoms. The first-order valence-electron chi connectivity index (χ1n) is 8.61. The molecule has 2 aromatic rings. The third-order valence-electron chi connectivity index (χ3n) is 3.85. The van der Waals surface area contributed by atoms with Gasteiger partial charge in [-0.1, -0.05) is 12.1 Å². The van der Waals surface area contributed by atoms with E-state index in [0.717, 1.165) is 24.0 Å². The molecule has 0 spiro atoms. The van der Waals surface area contributed by atoms with E-state index < -0.39 is 0 Å². The Labute approximate surface area is 171 Å². The minimum Gasteiger partial charge on any atom is -0.497 e. The van der Waals surface area contributed by atoms with Gasteiger partial charge in [-0.3, -0.25) is 4.79 Å². The van der Waals surface area contributed by atoms with Gasteiger partial charge in [0.1, 0.15) is 11.6 Å². The summed E-state index contributed by atoms with van der Waals surface area (Å²) in [5.41, 5.74) is 2.66. The number of carbonyl (C=O) groups excluding carboxylic acids is 1. The lowest BCUT2D eigenvalue weighted by Crippen LogP contribution is -2.08. The van der Waals surface area contributed by atoms with Gasteiger partial charge >= 0.3 is 6.01 Å². The number of hydrogen-bond donors (Lipinski definition) is 1. The normalized spacial score (nSPS) is 10.9. The van der Waals surface area contributed by atoms with Crippen molar-refractivity contribution in [2.45, 2.75) is 13.3 Å². The maximum Gasteiger partial charge on any atom is 0.318 e. The number of ether oxygens (including phenoxy) is 2. The molecular weight excluding hydrogens is 374 g/mol. The van der Waals surface area contributed by atoms with Gasteiger partial charge in [0, 0.05) is 12.6 Å². The number of hydrogen-bond acceptors (Lipinski definition) is 7. The van der Waals surface area contributed by atoms with Gasteiger partial charge in [0.2, 0.25) is 0 Å². The smallest absolute Gasteiger partial charge is 0.318 e. The van der Waals surface area contributed by atoms with Gasteiger partial charge in [-0.2, -0.15) is 9.97 Å². The molecule has 0 atom stereocenters. The molecule has 150 valence electrons. The topological polar surface area (TPSA) is 73.3 Å². The average Bonchev–Trinajstić information content (AvgIpc) is 2.76. The third-order valence-corrected chi connectivity index (χ3v) is 4.69. The van der Waals surface area contributed by atoms with Crippen LogP contribution in [0, 0.1) is 0 Å². The van der Waals surface area contributed by atoms with Crippen LogP contribution in [0.25, 0.3) is 5.57 Å². The number of nitrogens with one attached hydrogen (secondary N) is 1. The molecule has 0 unspecified atom stereocenters. The van der Waals surface area contributed by atoms with Crippen molar-refractivity contribution in [3.05, 3.63) is 59.7 Å². The lowest BCUT2D eigenvalue weighted by atomic mass is 10.1. The highest BCUT2D eigenvalue weighted by Crippen LogP contribution is 2.25. The summed E-state index contributed by atoms with van der Waals surface area (Å²) in [7, 11) is 3.18. The van der Waals surface area contributed by atoms with Crippen LogP contribution in [0.5, 0.6) is 11.8 Å². The molecule has 0 aliphatic rings. The van der Waals surface area contributed by atoms with Crippen LogP contribution in [0.3, 0.4) is 0 Å². The summed E-state index contributed by atoms with van der Waals surface area (Å²) in [6, 6.07) is 10.0. The van der Waals surface area contributed by atoms with Gasteiger partial charge in [-0.25, -0.2) is 0 Å². The van der Waals surface area contributed by atoms with Crippen LogP contribution in [0.1, 0.15) is 18.2 Å². The number of rotatable bonds is 9. The highest BCUT2D eigenvalue weighted by molar-refractivity contribution is 8.03. The van der Waals surface area contributed by atoms with Crippen LogP contribution in [0.4, 0.5) is 5.82 Å². The summed E-state index contributed by atoms with van der Waals surface area (Å²) in [6.45, 7) is 8.57. The molecule has 1 aromatic heterocycles. The zero-order chi connectivity index (χ0) is 20.9. The molecule has 0 aliphatic heterocycles. The molecule has 28 heavy (non-hydrogen) atoms. The van der Waals surface area contributed by atoms with Gasteiger partial charge in [-0.05, 0) is 42.9 Å². The highest BCUT2D eigenvalue weighted by Gasteiger charge is 2.10. The molecule has 0 aliphatic carbocycles. The van der Waals surface area contributed by atoms with E-state index >= 15 is 0 Å². The standard InChI is InChI=1S/C19H23N3O3S.C2H4/c1-13(17(12-23)26-4)16-11-18(22-19(21-16)25-3)20-10-9-14-5-7-15(24-2)8-6-14;1-2/h5-8,11-12H,9-10H2,1-4H3,(H,20,21,22);1-2H2/b17-13+;. The number of anilines is 1. The van der Waals surface area contributed by atoms with Gasteiger partial charge in [-0.15, -0.1) is 24.9 Å². The second-order valence-corrected chi connectivity index (χ2v) is 6.31. The fraction of sp³-hybridized carbons (Fsp3) is 0.286. The summed E-state index contributed by atoms with van der Waals surface area (Å²) in [5.74, 6) is 1.50. The number of methoxy groups -OCH3 is 2. The van der Waals surface area contributed by atoms with Crippen molar-refractivity contribution < 1.29 is 14.3 Å². The number of benzene rings is 1. The molecule has 2 rings (SSSR count). The van der Waals surface area contributed by atoms with E-state index in [1.165, 1.54) is 24.4 Å². The molecule has 1 N–H and O–H groups in total. The average molecular weight is 402 g/mol. The fourth-order valence-corrected chi connectivity index (χ4v) is 2.85. The first kappa shape index (κ1) is 23.2. The molecule has 0 amide bonds. The van der Waals surface area contributed by atoms with Crippen LogP contribution < -0.4 is 14.8 Å². The van der Waals surface area contributed by atoms with Crippen LogP contribution in [0.2, 0.25) is 0 Å². The molecule has 6 nitrogen and oxygen atoms in total. The van der Waals surface area contributed by atoms with Crippen molar-refractivity contribution in [3.8, 4) is 11.8 Å². The first-order chi connectivity index (χ1) is 13.6. The number of allylic oxidation sites excluding steroid dienone is 2. The first-order valence-corrected chi connectivity index (χ1v) is 9.84. The van der Waals surface area contributed by atoms with Crippen LogP contribution >= 0.6 is 11.8 Å². The summed E-state index contributed by atoms with van der Waals surface area (Å²) >= 11 is 1.39. The Balaban J connectivity index is 0.00000190. The summed E-state index contributed by atoms with van der Waals surface area (Å²) < 4.78 is 10.4. The number of nitrogens with zero attached hydrogens (tertiary/aromatic N) is 2. The minimum absolute atomic E-state index is 0.264. The Kier molecular flexibility index (Phi) is 10.4. The summed E-state index contributed by atoms with van der Waals surface area (Å²) in [6.07, 6.45) is 3.54. The van der Waals surface area contributed by atoms with E-state index in [4.69, 9.17) is 9.47 Å². The Hall–Kier alpha value is -2.80. The molecule has 0 saturated carbocycles. The molecule has 0 saturated heterocycles. The van der Waals surface area contributed by atoms with Crippen LogP contribution in [0.15, 0.2) is 48.4 Å². The Morgan fingerprint density at radius 3 is 2.39 bits per heavy atom. The van der Waals surface area contributed by atoms with Gasteiger partial charge in [0.25, 0.3) is 0 Å². The van der Waals surface area contributed by atoms with E-state index in [2.05, 4.69) is 28.4 Å². The van der Waals surface area contributed by atoms with E-state index in [9.17, 15) is 4.79 Å². The molecule has 7 heteroatoms. The number of aromatic nitrogens is 2. The van der Waals surface area contributed by atoms with Gasteiger partial charge in [0.05, 0.1) is 24.8 Å². The van der Waals surface area contributed by atoms with Crippen molar-refractivity contribution in [1.82, 2.24) is 9.97 Å². The largest absolute Gasteiger partial charge is 0.497 e. The quantitative estimate of drug-likeness (QED) is 0.383. The van der Waals surface area contributed by atoms with E-state index in [1.807, 2.05) is 43.5 Å². The molecule has 1 aromatic carbocycles. The predicted octanol–water partition coefficient (Wildman–Crippen LogP) is 4.24. The Bertz CT molecular complexity index is 792. The SMILES string of the molecule is C=C.COc1ccc(CCNc2cc(/C(C)=C(\C=O)SC)nc(OC)n2)cc1. The second kappa shape index (κ2) is 12.6. The van der Waals surface area contributed by atoms with Crippen molar-refractivity contribution in [2.24, 2.45) is 0 Å². The Morgan fingerprint density at radius 1 is 1.18 bits per heavy atom. The Morgan fingerprint density at radius 2 is 1.86 bits per heavy atom. The summed E-state index contributed by atoms with van der Waals surface area (Å²) in [5, 5.41) is 3.29. The lowest BCUT2D eigenvalue weighted by molar-refractivity contribution is -0.104. The van der Waals surface area contributed by atoms with E-state index in [1.54, 1.807) is 7.11 Å². The minimum atomic E-state index is 0.264. The van der Waals surface area contributed by atoms with Crippen LogP contribution in [-0.4, -0.2) is 43.3 Å². The van der Waals surface area contributed by atoms with Crippen molar-refractivity contribution in [1.29, 1.82) is 0 Å². The highest BCUT2D eigenvalue weighted by atomic mass is 32.2. The van der Waals surface area contributed by atoms with Crippen molar-refractivity contribution in [3.63, 3.8) is 0 Å². The van der Waals surface area contributed by atoms with Gasteiger partial charge in [0.15, 0.2) is 6.29 Å². The van der Waals surface area contributed by atoms with Crippen LogP contribution in [-0.2, 0) is 11.2 Å². The maximum atomic E-state index is 11.2. The van der Waals surface area contributed by atoms with E-state index in [0.29, 0.717) is 23.0 Å². The maximum absolute atomic E-state index is 11.2. The fourth-order valence-electron chi connectivity index (χ4n) is 2.34. The predicted molar refractivity (Wildman–Crippen MR) is 117 cm³/mol. The molecule has 0 radical (unpaired) electrons. The lowest BCUT2D eigenvalue weighted by Gasteiger charge is -2.11. The second-order valence-electron chi connectivity index (χ2n) is 5.46. The van der Waals surface area contributed by atoms with E-state index in [-0.39, 0.29) is 6.01 Å². The van der Waals surface area contributed by atoms with Crippen molar-refractivity contribution >= 4 is 29.4 Å². The third kappa shape index (κ3) is 6.74.